The van der Waals surface area contributed by atoms with Crippen LogP contribution in [0.25, 0.3) is 0 Å². The Kier molecular flexibility index (Phi) is 4.03. The molecule has 1 heterocycles. The molecular formula is C6H14NO6P. The number of nitrogens with two attached hydrogens (primary N) is 1. The van der Waals surface area contributed by atoms with E-state index in [9.17, 15) is 9.67 Å². The molecule has 0 radical (unpaired) electrons. The van der Waals surface area contributed by atoms with E-state index in [1.807, 2.05) is 0 Å². The summed E-state index contributed by atoms with van der Waals surface area (Å²) >= 11 is 0. The molecule has 7 nitrogen and oxygen atoms in total. The number of phosphoric acid groups is 1. The summed E-state index contributed by atoms with van der Waals surface area (Å²) in [6.07, 6.45) is -1.71. The minimum Gasteiger partial charge on any atom is -0.389 e. The number of rotatable bonds is 4. The van der Waals surface area contributed by atoms with E-state index in [4.69, 9.17) is 15.4 Å². The summed E-state index contributed by atoms with van der Waals surface area (Å²) in [7, 11) is -2.90. The van der Waals surface area contributed by atoms with Crippen LogP contribution in [0.15, 0.2) is 0 Å². The Morgan fingerprint density at radius 1 is 1.71 bits per heavy atom. The number of phosphoric ester groups is 1. The summed E-state index contributed by atoms with van der Waals surface area (Å²) in [6, 6.07) is 0. The first kappa shape index (κ1) is 12.1. The quantitative estimate of drug-likeness (QED) is 0.538. The Morgan fingerprint density at radius 2 is 2.36 bits per heavy atom. The van der Waals surface area contributed by atoms with Gasteiger partial charge in [0.2, 0.25) is 0 Å². The minimum atomic E-state index is -3.97. The molecule has 4 atom stereocenters. The van der Waals surface area contributed by atoms with Gasteiger partial charge in [-0.3, -0.25) is 9.05 Å². The number of aliphatic hydroxyl groups is 1. The highest BCUT2D eigenvalue weighted by Crippen LogP contribution is 2.42. The summed E-state index contributed by atoms with van der Waals surface area (Å²) < 4.78 is 24.6. The van der Waals surface area contributed by atoms with Gasteiger partial charge in [-0.25, -0.2) is 4.57 Å². The van der Waals surface area contributed by atoms with E-state index in [1.54, 1.807) is 0 Å². The van der Waals surface area contributed by atoms with Crippen LogP contribution in [0.3, 0.4) is 0 Å². The lowest BCUT2D eigenvalue weighted by Crippen LogP contribution is -2.30. The molecule has 8 heteroatoms. The van der Waals surface area contributed by atoms with Crippen LogP contribution in [0.5, 0.6) is 0 Å². The van der Waals surface area contributed by atoms with Gasteiger partial charge in [-0.05, 0) is 0 Å². The standard InChI is InChI=1S/C6H14NO6P/c1-11-14(9,10)12-3-4-2-5(8)6(7)13-4/h4-6,8H,2-3,7H2,1H3,(H,9,10)/t4-,5+,6+/m0/s1. The lowest BCUT2D eigenvalue weighted by Gasteiger charge is -2.13. The number of hydrogen-bond acceptors (Lipinski definition) is 6. The number of aliphatic hydroxyl groups excluding tert-OH is 1. The lowest BCUT2D eigenvalue weighted by atomic mass is 10.2. The monoisotopic (exact) mass is 227 g/mol. The molecule has 4 N–H and O–H groups in total. The molecule has 1 aliphatic heterocycles. The summed E-state index contributed by atoms with van der Waals surface area (Å²) in [5, 5.41) is 9.19. The second kappa shape index (κ2) is 4.67. The average molecular weight is 227 g/mol. The zero-order valence-corrected chi connectivity index (χ0v) is 8.59. The van der Waals surface area contributed by atoms with E-state index in [0.717, 1.165) is 7.11 Å². The van der Waals surface area contributed by atoms with Crippen molar-refractivity contribution in [3.63, 3.8) is 0 Å². The molecule has 0 aromatic heterocycles. The smallest absolute Gasteiger partial charge is 0.389 e. The molecule has 1 unspecified atom stereocenters. The van der Waals surface area contributed by atoms with Crippen LogP contribution < -0.4 is 5.73 Å². The van der Waals surface area contributed by atoms with Gasteiger partial charge in [-0.1, -0.05) is 0 Å². The van der Waals surface area contributed by atoms with Crippen molar-refractivity contribution in [3.05, 3.63) is 0 Å². The van der Waals surface area contributed by atoms with Crippen molar-refractivity contribution in [3.8, 4) is 0 Å². The number of ether oxygens (including phenoxy) is 1. The molecule has 0 spiro atoms. The van der Waals surface area contributed by atoms with Crippen LogP contribution in [0.4, 0.5) is 0 Å². The molecule has 84 valence electrons. The Hall–Kier alpha value is -0.0100. The van der Waals surface area contributed by atoms with E-state index >= 15 is 0 Å². The molecule has 0 saturated carbocycles. The van der Waals surface area contributed by atoms with E-state index in [1.165, 1.54) is 0 Å². The van der Waals surface area contributed by atoms with E-state index in [-0.39, 0.29) is 13.0 Å². The Balaban J connectivity index is 2.30. The van der Waals surface area contributed by atoms with Crippen LogP contribution in [0, 0.1) is 0 Å². The van der Waals surface area contributed by atoms with Crippen molar-refractivity contribution in [1.82, 2.24) is 0 Å². The maximum atomic E-state index is 10.9. The highest BCUT2D eigenvalue weighted by Gasteiger charge is 2.33. The van der Waals surface area contributed by atoms with Gasteiger partial charge in [0.15, 0.2) is 0 Å². The molecule has 0 bridgehead atoms. The third-order valence-corrected chi connectivity index (χ3v) is 2.82. The largest absolute Gasteiger partial charge is 0.472 e. The maximum Gasteiger partial charge on any atom is 0.472 e. The van der Waals surface area contributed by atoms with E-state index in [0.29, 0.717) is 0 Å². The van der Waals surface area contributed by atoms with Crippen molar-refractivity contribution < 1.29 is 28.3 Å². The van der Waals surface area contributed by atoms with Gasteiger partial charge < -0.3 is 20.5 Å². The van der Waals surface area contributed by atoms with Crippen LogP contribution in [0.2, 0.25) is 0 Å². The van der Waals surface area contributed by atoms with Gasteiger partial charge in [0, 0.05) is 13.5 Å². The maximum absolute atomic E-state index is 10.9. The first-order valence-electron chi connectivity index (χ1n) is 4.07. The molecule has 14 heavy (non-hydrogen) atoms. The first-order valence-corrected chi connectivity index (χ1v) is 5.56. The fourth-order valence-corrected chi connectivity index (χ4v) is 1.57. The molecule has 0 aromatic rings. The highest BCUT2D eigenvalue weighted by atomic mass is 31.2. The normalized spacial score (nSPS) is 37.0. The Bertz CT molecular complexity index is 226. The van der Waals surface area contributed by atoms with Crippen LogP contribution in [-0.2, 0) is 18.3 Å². The van der Waals surface area contributed by atoms with Gasteiger partial charge in [0.05, 0.1) is 18.8 Å². The predicted molar refractivity (Wildman–Crippen MR) is 46.3 cm³/mol. The van der Waals surface area contributed by atoms with E-state index in [2.05, 4.69) is 9.05 Å². The van der Waals surface area contributed by atoms with Crippen molar-refractivity contribution in [2.24, 2.45) is 5.73 Å². The third kappa shape index (κ3) is 3.29. The second-order valence-electron chi connectivity index (χ2n) is 2.97. The average Bonchev–Trinajstić information content (AvgIpc) is 2.44. The number of hydrogen-bond donors (Lipinski definition) is 3. The van der Waals surface area contributed by atoms with Gasteiger partial charge in [-0.15, -0.1) is 0 Å². The van der Waals surface area contributed by atoms with Crippen LogP contribution >= 0.6 is 7.82 Å². The molecule has 1 fully saturated rings. The zero-order chi connectivity index (χ0) is 10.8. The molecule has 1 saturated heterocycles. The van der Waals surface area contributed by atoms with Gasteiger partial charge in [-0.2, -0.15) is 0 Å². The molecule has 0 aromatic carbocycles. The Morgan fingerprint density at radius 3 is 2.79 bits per heavy atom. The summed E-state index contributed by atoms with van der Waals surface area (Å²) in [6.45, 7) is -0.133. The lowest BCUT2D eigenvalue weighted by molar-refractivity contribution is -0.00673. The third-order valence-electron chi connectivity index (χ3n) is 1.89. The van der Waals surface area contributed by atoms with Gasteiger partial charge in [0.1, 0.15) is 6.23 Å². The van der Waals surface area contributed by atoms with Crippen LogP contribution in [-0.4, -0.2) is 42.2 Å². The fraction of sp³-hybridized carbons (Fsp3) is 1.00. The molecule has 1 rings (SSSR count). The Labute approximate surface area is 81.4 Å². The summed E-state index contributed by atoms with van der Waals surface area (Å²) in [4.78, 5) is 8.88. The fourth-order valence-electron chi connectivity index (χ4n) is 1.11. The highest BCUT2D eigenvalue weighted by molar-refractivity contribution is 7.47. The van der Waals surface area contributed by atoms with Crippen molar-refractivity contribution >= 4 is 7.82 Å². The van der Waals surface area contributed by atoms with Crippen molar-refractivity contribution in [2.75, 3.05) is 13.7 Å². The second-order valence-corrected chi connectivity index (χ2v) is 4.53. The first-order chi connectivity index (χ1) is 6.44. The molecule has 0 aliphatic carbocycles. The summed E-state index contributed by atoms with van der Waals surface area (Å²) in [5.74, 6) is 0. The summed E-state index contributed by atoms with van der Waals surface area (Å²) in [5.41, 5.74) is 5.35. The van der Waals surface area contributed by atoms with Crippen molar-refractivity contribution in [2.45, 2.75) is 24.9 Å². The zero-order valence-electron chi connectivity index (χ0n) is 7.70. The van der Waals surface area contributed by atoms with Gasteiger partial charge >= 0.3 is 7.82 Å². The minimum absolute atomic E-state index is 0.133. The SMILES string of the molecule is COP(=O)(O)OC[C@@H]1C[C@@H](O)[C@H](N)O1. The molecule has 0 amide bonds. The van der Waals surface area contributed by atoms with Crippen molar-refractivity contribution in [1.29, 1.82) is 0 Å². The molecule has 1 aliphatic rings. The molecular weight excluding hydrogens is 213 g/mol. The van der Waals surface area contributed by atoms with Crippen LogP contribution in [0.1, 0.15) is 6.42 Å². The van der Waals surface area contributed by atoms with E-state index < -0.39 is 26.3 Å². The predicted octanol–water partition coefficient (Wildman–Crippen LogP) is -0.816. The van der Waals surface area contributed by atoms with Gasteiger partial charge in [0.25, 0.3) is 0 Å². The topological polar surface area (TPSA) is 111 Å².